The summed E-state index contributed by atoms with van der Waals surface area (Å²) < 4.78 is 5.41. The molecule has 1 aromatic heterocycles. The zero-order chi connectivity index (χ0) is 17.3. The second-order valence-electron chi connectivity index (χ2n) is 7.87. The number of hydrogen-bond acceptors (Lipinski definition) is 5. The minimum atomic E-state index is -0.557. The maximum Gasteiger partial charge on any atom is 0.410 e. The highest BCUT2D eigenvalue weighted by Crippen LogP contribution is 2.34. The fourth-order valence-corrected chi connectivity index (χ4v) is 3.43. The molecule has 1 aliphatic heterocycles. The zero-order valence-corrected chi connectivity index (χ0v) is 14.8. The first-order chi connectivity index (χ1) is 11.3. The molecule has 2 aliphatic rings. The van der Waals surface area contributed by atoms with E-state index in [0.717, 1.165) is 24.2 Å². The molecule has 6 heteroatoms. The average molecular weight is 333 g/mol. The van der Waals surface area contributed by atoms with Gasteiger partial charge in [-0.3, -0.25) is 9.88 Å². The van der Waals surface area contributed by atoms with Crippen molar-refractivity contribution in [2.45, 2.75) is 77.7 Å². The lowest BCUT2D eigenvalue weighted by atomic mass is 9.84. The van der Waals surface area contributed by atoms with Crippen molar-refractivity contribution in [2.75, 3.05) is 0 Å². The van der Waals surface area contributed by atoms with Crippen LogP contribution < -0.4 is 0 Å². The van der Waals surface area contributed by atoms with Gasteiger partial charge >= 0.3 is 6.09 Å². The maximum atomic E-state index is 12.2. The van der Waals surface area contributed by atoms with E-state index < -0.39 is 11.7 Å². The molecule has 1 N–H and O–H groups in total. The quantitative estimate of drug-likeness (QED) is 0.898. The summed E-state index contributed by atoms with van der Waals surface area (Å²) in [5.74, 6) is 0.273. The molecule has 1 aromatic rings. The molecule has 6 nitrogen and oxygen atoms in total. The van der Waals surface area contributed by atoms with E-state index in [9.17, 15) is 9.90 Å². The van der Waals surface area contributed by atoms with E-state index >= 15 is 0 Å². The van der Waals surface area contributed by atoms with Crippen molar-refractivity contribution < 1.29 is 14.6 Å². The second-order valence-corrected chi connectivity index (χ2v) is 7.87. The largest absolute Gasteiger partial charge is 0.444 e. The Balaban J connectivity index is 1.68. The van der Waals surface area contributed by atoms with Crippen LogP contribution in [0.5, 0.6) is 0 Å². The number of amides is 1. The molecule has 0 saturated heterocycles. The van der Waals surface area contributed by atoms with Gasteiger partial charge in [0.15, 0.2) is 0 Å². The minimum absolute atomic E-state index is 0.273. The Bertz CT molecular complexity index is 606. The Morgan fingerprint density at radius 2 is 1.92 bits per heavy atom. The van der Waals surface area contributed by atoms with Crippen LogP contribution in [0.2, 0.25) is 0 Å². The number of ether oxygens (including phenoxy) is 1. The van der Waals surface area contributed by atoms with Crippen LogP contribution in [0.15, 0.2) is 6.20 Å². The smallest absolute Gasteiger partial charge is 0.410 e. The minimum Gasteiger partial charge on any atom is -0.444 e. The lowest BCUT2D eigenvalue weighted by Crippen LogP contribution is -2.33. The van der Waals surface area contributed by atoms with Crippen molar-refractivity contribution in [2.24, 2.45) is 5.92 Å². The number of aliphatic hydroxyl groups is 1. The molecular weight excluding hydrogens is 306 g/mol. The number of fused-ring (bicyclic) bond motifs is 1. The zero-order valence-electron chi connectivity index (χ0n) is 14.8. The van der Waals surface area contributed by atoms with E-state index in [0.29, 0.717) is 18.8 Å². The van der Waals surface area contributed by atoms with Crippen LogP contribution in [0.1, 0.15) is 76.1 Å². The summed E-state index contributed by atoms with van der Waals surface area (Å²) in [5.41, 5.74) is 1.68. The molecular formula is C18H27N3O3. The Kier molecular flexibility index (Phi) is 4.76. The number of aliphatic hydroxyl groups excluding tert-OH is 1. The van der Waals surface area contributed by atoms with E-state index in [2.05, 4.69) is 9.97 Å². The summed E-state index contributed by atoms with van der Waals surface area (Å²) in [6.45, 7) is 6.36. The van der Waals surface area contributed by atoms with E-state index in [1.165, 1.54) is 19.3 Å². The molecule has 1 saturated carbocycles. The number of rotatable bonds is 2. The van der Waals surface area contributed by atoms with Gasteiger partial charge in [-0.2, -0.15) is 0 Å². The summed E-state index contributed by atoms with van der Waals surface area (Å²) in [4.78, 5) is 22.8. The van der Waals surface area contributed by atoms with Crippen LogP contribution in [0.3, 0.4) is 0 Å². The summed E-state index contributed by atoms with van der Waals surface area (Å²) in [5, 5.41) is 10.6. The van der Waals surface area contributed by atoms with Crippen molar-refractivity contribution in [1.82, 2.24) is 14.9 Å². The van der Waals surface area contributed by atoms with Gasteiger partial charge in [-0.25, -0.2) is 9.78 Å². The van der Waals surface area contributed by atoms with Gasteiger partial charge < -0.3 is 9.84 Å². The molecule has 132 valence electrons. The molecule has 1 aliphatic carbocycles. The monoisotopic (exact) mass is 333 g/mol. The second kappa shape index (κ2) is 6.67. The van der Waals surface area contributed by atoms with Gasteiger partial charge in [-0.05, 0) is 39.5 Å². The van der Waals surface area contributed by atoms with Gasteiger partial charge in [0, 0.05) is 0 Å². The molecule has 24 heavy (non-hydrogen) atoms. The molecule has 0 radical (unpaired) electrons. The lowest BCUT2D eigenvalue weighted by molar-refractivity contribution is 0.0239. The fourth-order valence-electron chi connectivity index (χ4n) is 3.43. The molecule has 2 heterocycles. The standard InChI is InChI=1S/C18H27N3O3/c1-18(2,3)24-17(23)21-10-14-15(11-21)20-13(9-19-14)16(22)12-7-5-4-6-8-12/h9,12,16,22H,4-8,10-11H2,1-3H3. The first-order valence-corrected chi connectivity index (χ1v) is 8.84. The highest BCUT2D eigenvalue weighted by Gasteiger charge is 2.31. The van der Waals surface area contributed by atoms with Gasteiger partial charge in [0.25, 0.3) is 0 Å². The van der Waals surface area contributed by atoms with E-state index in [-0.39, 0.29) is 12.0 Å². The third-order valence-corrected chi connectivity index (χ3v) is 4.68. The van der Waals surface area contributed by atoms with Gasteiger partial charge in [0.2, 0.25) is 0 Å². The maximum absolute atomic E-state index is 12.2. The summed E-state index contributed by atoms with van der Waals surface area (Å²) >= 11 is 0. The van der Waals surface area contributed by atoms with Crippen LogP contribution in [0.4, 0.5) is 4.79 Å². The summed E-state index contributed by atoms with van der Waals surface area (Å²) in [6.07, 6.45) is 6.45. The number of carbonyl (C=O) groups is 1. The van der Waals surface area contributed by atoms with Crippen LogP contribution in [-0.2, 0) is 17.8 Å². The van der Waals surface area contributed by atoms with Crippen molar-refractivity contribution >= 4 is 6.09 Å². The first-order valence-electron chi connectivity index (χ1n) is 8.84. The predicted molar refractivity (Wildman–Crippen MR) is 89.0 cm³/mol. The molecule has 1 unspecified atom stereocenters. The normalized spacial score (nSPS) is 19.9. The van der Waals surface area contributed by atoms with E-state index in [1.807, 2.05) is 20.8 Å². The highest BCUT2D eigenvalue weighted by atomic mass is 16.6. The Morgan fingerprint density at radius 3 is 2.58 bits per heavy atom. The van der Waals surface area contributed by atoms with Crippen LogP contribution in [0.25, 0.3) is 0 Å². The van der Waals surface area contributed by atoms with Crippen molar-refractivity contribution in [3.05, 3.63) is 23.3 Å². The third-order valence-electron chi connectivity index (χ3n) is 4.68. The van der Waals surface area contributed by atoms with E-state index in [4.69, 9.17) is 4.74 Å². The molecule has 1 fully saturated rings. The third kappa shape index (κ3) is 3.86. The van der Waals surface area contributed by atoms with Crippen LogP contribution in [-0.4, -0.2) is 31.7 Å². The SMILES string of the molecule is CC(C)(C)OC(=O)N1Cc2ncc(C(O)C3CCCCC3)nc2C1. The van der Waals surface area contributed by atoms with Crippen LogP contribution in [0, 0.1) is 5.92 Å². The van der Waals surface area contributed by atoms with Gasteiger partial charge in [-0.1, -0.05) is 19.3 Å². The molecule has 0 aromatic carbocycles. The van der Waals surface area contributed by atoms with Gasteiger partial charge in [0.05, 0.1) is 36.4 Å². The Labute approximate surface area is 143 Å². The number of aromatic nitrogens is 2. The average Bonchev–Trinajstić information content (AvgIpc) is 2.96. The molecule has 1 amide bonds. The number of carbonyl (C=O) groups excluding carboxylic acids is 1. The van der Waals surface area contributed by atoms with Gasteiger partial charge in [0.1, 0.15) is 11.7 Å². The van der Waals surface area contributed by atoms with Crippen molar-refractivity contribution in [1.29, 1.82) is 0 Å². The highest BCUT2D eigenvalue weighted by molar-refractivity contribution is 5.68. The van der Waals surface area contributed by atoms with Crippen molar-refractivity contribution in [3.63, 3.8) is 0 Å². The fraction of sp³-hybridized carbons (Fsp3) is 0.722. The van der Waals surface area contributed by atoms with Crippen molar-refractivity contribution in [3.8, 4) is 0 Å². The first kappa shape index (κ1) is 17.1. The number of nitrogens with zero attached hydrogens (tertiary/aromatic N) is 3. The lowest BCUT2D eigenvalue weighted by Gasteiger charge is -2.26. The van der Waals surface area contributed by atoms with Crippen LogP contribution >= 0.6 is 0 Å². The van der Waals surface area contributed by atoms with E-state index in [1.54, 1.807) is 11.1 Å². The summed E-state index contributed by atoms with van der Waals surface area (Å²) in [6, 6.07) is 0. The molecule has 0 spiro atoms. The summed E-state index contributed by atoms with van der Waals surface area (Å²) in [7, 11) is 0. The van der Waals surface area contributed by atoms with Gasteiger partial charge in [-0.15, -0.1) is 0 Å². The molecule has 3 rings (SSSR count). The predicted octanol–water partition coefficient (Wildman–Crippen LogP) is 3.34. The molecule has 1 atom stereocenters. The Morgan fingerprint density at radius 1 is 1.25 bits per heavy atom. The number of hydrogen-bond donors (Lipinski definition) is 1. The topological polar surface area (TPSA) is 75.5 Å². The Hall–Kier alpha value is -1.69. The molecule has 0 bridgehead atoms.